The van der Waals surface area contributed by atoms with E-state index in [0.29, 0.717) is 18.6 Å². The van der Waals surface area contributed by atoms with Crippen LogP contribution in [-0.4, -0.2) is 48.8 Å². The fourth-order valence-corrected chi connectivity index (χ4v) is 2.83. The number of aliphatic hydroxyl groups is 1. The monoisotopic (exact) mass is 198 g/mol. The zero-order valence-electron chi connectivity index (χ0n) is 8.91. The summed E-state index contributed by atoms with van der Waals surface area (Å²) in [6, 6.07) is 0.640. The van der Waals surface area contributed by atoms with E-state index in [9.17, 15) is 5.11 Å². The van der Waals surface area contributed by atoms with Gasteiger partial charge in [0, 0.05) is 25.1 Å². The third kappa shape index (κ3) is 2.27. The van der Waals surface area contributed by atoms with E-state index >= 15 is 0 Å². The minimum Gasteiger partial charge on any atom is -0.396 e. The molecule has 0 bridgehead atoms. The lowest BCUT2D eigenvalue weighted by Gasteiger charge is -2.41. The lowest BCUT2D eigenvalue weighted by atomic mass is 9.91. The number of aliphatic hydroxyl groups excluding tert-OH is 1. The van der Waals surface area contributed by atoms with Gasteiger partial charge >= 0.3 is 0 Å². The van der Waals surface area contributed by atoms with Gasteiger partial charge in [0.05, 0.1) is 0 Å². The Morgan fingerprint density at radius 3 is 2.71 bits per heavy atom. The van der Waals surface area contributed by atoms with Crippen molar-refractivity contribution in [1.82, 2.24) is 10.2 Å². The molecular formula is C11H22N2O. The number of hydrogen-bond donors (Lipinski definition) is 2. The van der Waals surface area contributed by atoms with Gasteiger partial charge in [0.1, 0.15) is 0 Å². The van der Waals surface area contributed by atoms with Crippen LogP contribution in [0.25, 0.3) is 0 Å². The molecule has 2 rings (SSSR count). The van der Waals surface area contributed by atoms with Gasteiger partial charge in [0.25, 0.3) is 0 Å². The molecule has 0 saturated carbocycles. The molecule has 2 atom stereocenters. The maximum atomic E-state index is 9.33. The Morgan fingerprint density at radius 2 is 2.00 bits per heavy atom. The third-order valence-electron chi connectivity index (χ3n) is 3.66. The lowest BCUT2D eigenvalue weighted by Crippen LogP contribution is -2.52. The Hall–Kier alpha value is -0.120. The summed E-state index contributed by atoms with van der Waals surface area (Å²) in [6.45, 7) is 4.96. The van der Waals surface area contributed by atoms with Crippen LogP contribution in [0.5, 0.6) is 0 Å². The van der Waals surface area contributed by atoms with E-state index in [-0.39, 0.29) is 0 Å². The second kappa shape index (κ2) is 5.10. The van der Waals surface area contributed by atoms with Gasteiger partial charge in [0.15, 0.2) is 0 Å². The van der Waals surface area contributed by atoms with Gasteiger partial charge in [0.2, 0.25) is 0 Å². The van der Waals surface area contributed by atoms with Gasteiger partial charge in [-0.05, 0) is 38.9 Å². The Kier molecular flexibility index (Phi) is 3.79. The van der Waals surface area contributed by atoms with Crippen molar-refractivity contribution in [3.05, 3.63) is 0 Å². The summed E-state index contributed by atoms with van der Waals surface area (Å²) in [7, 11) is 0. The van der Waals surface area contributed by atoms with E-state index in [1.165, 1.54) is 38.8 Å². The van der Waals surface area contributed by atoms with E-state index in [1.54, 1.807) is 0 Å². The summed E-state index contributed by atoms with van der Waals surface area (Å²) in [6.07, 6.45) is 5.31. The van der Waals surface area contributed by atoms with Gasteiger partial charge in [-0.1, -0.05) is 6.42 Å². The zero-order chi connectivity index (χ0) is 9.80. The van der Waals surface area contributed by atoms with Gasteiger partial charge < -0.3 is 10.4 Å². The lowest BCUT2D eigenvalue weighted by molar-refractivity contribution is 0.0608. The number of nitrogens with one attached hydrogen (secondary N) is 1. The van der Waals surface area contributed by atoms with Crippen LogP contribution < -0.4 is 5.32 Å². The first-order valence-electron chi connectivity index (χ1n) is 5.97. The molecule has 0 aliphatic carbocycles. The molecule has 0 radical (unpaired) electrons. The summed E-state index contributed by atoms with van der Waals surface area (Å²) in [5.74, 6) is 0.460. The standard InChI is InChI=1S/C11H22N2O/c14-9-10-8-12-5-4-11(10)13-6-2-1-3-7-13/h10-12,14H,1-9H2. The van der Waals surface area contributed by atoms with Crippen molar-refractivity contribution >= 4 is 0 Å². The number of likely N-dealkylation sites (tertiary alicyclic amines) is 1. The predicted octanol–water partition coefficient (Wildman–Crippen LogP) is 0.443. The molecule has 2 saturated heterocycles. The Bertz CT molecular complexity index is 169. The minimum absolute atomic E-state index is 0.341. The van der Waals surface area contributed by atoms with Crippen molar-refractivity contribution in [3.8, 4) is 0 Å². The zero-order valence-corrected chi connectivity index (χ0v) is 8.91. The van der Waals surface area contributed by atoms with Crippen LogP contribution in [0.15, 0.2) is 0 Å². The summed E-state index contributed by atoms with van der Waals surface area (Å²) >= 11 is 0. The number of rotatable bonds is 2. The Morgan fingerprint density at radius 1 is 1.21 bits per heavy atom. The highest BCUT2D eigenvalue weighted by molar-refractivity contribution is 4.86. The van der Waals surface area contributed by atoms with Crippen molar-refractivity contribution in [1.29, 1.82) is 0 Å². The first kappa shape index (κ1) is 10.4. The van der Waals surface area contributed by atoms with Crippen LogP contribution in [0, 0.1) is 5.92 Å². The fourth-order valence-electron chi connectivity index (χ4n) is 2.83. The average Bonchev–Trinajstić information content (AvgIpc) is 2.30. The van der Waals surface area contributed by atoms with Crippen LogP contribution >= 0.6 is 0 Å². The number of piperidine rings is 2. The Labute approximate surface area is 86.5 Å². The summed E-state index contributed by atoms with van der Waals surface area (Å²) in [4.78, 5) is 2.60. The highest BCUT2D eigenvalue weighted by atomic mass is 16.3. The summed E-state index contributed by atoms with van der Waals surface area (Å²) in [5.41, 5.74) is 0. The quantitative estimate of drug-likeness (QED) is 0.676. The molecule has 2 heterocycles. The minimum atomic E-state index is 0.341. The second-order valence-corrected chi connectivity index (χ2v) is 4.60. The van der Waals surface area contributed by atoms with Crippen LogP contribution in [0.4, 0.5) is 0 Å². The van der Waals surface area contributed by atoms with Crippen molar-refractivity contribution in [2.45, 2.75) is 31.7 Å². The van der Waals surface area contributed by atoms with Crippen molar-refractivity contribution < 1.29 is 5.11 Å². The topological polar surface area (TPSA) is 35.5 Å². The second-order valence-electron chi connectivity index (χ2n) is 4.60. The van der Waals surface area contributed by atoms with Crippen molar-refractivity contribution in [3.63, 3.8) is 0 Å². The Balaban J connectivity index is 1.91. The van der Waals surface area contributed by atoms with Crippen LogP contribution in [0.3, 0.4) is 0 Å². The van der Waals surface area contributed by atoms with E-state index in [0.717, 1.165) is 13.1 Å². The first-order chi connectivity index (χ1) is 6.92. The number of nitrogens with zero attached hydrogens (tertiary/aromatic N) is 1. The predicted molar refractivity (Wildman–Crippen MR) is 57.3 cm³/mol. The van der Waals surface area contributed by atoms with Gasteiger partial charge in [-0.3, -0.25) is 4.90 Å². The summed E-state index contributed by atoms with van der Waals surface area (Å²) < 4.78 is 0. The maximum absolute atomic E-state index is 9.33. The highest BCUT2D eigenvalue weighted by Gasteiger charge is 2.29. The van der Waals surface area contributed by atoms with Gasteiger partial charge in [-0.15, -0.1) is 0 Å². The SMILES string of the molecule is OCC1CNCCC1N1CCCCC1. The molecule has 2 N–H and O–H groups in total. The molecule has 2 aliphatic heterocycles. The van der Waals surface area contributed by atoms with Crippen LogP contribution in [-0.2, 0) is 0 Å². The van der Waals surface area contributed by atoms with E-state index < -0.39 is 0 Å². The largest absolute Gasteiger partial charge is 0.396 e. The molecule has 0 spiro atoms. The van der Waals surface area contributed by atoms with Crippen LogP contribution in [0.1, 0.15) is 25.7 Å². The molecule has 2 aliphatic rings. The maximum Gasteiger partial charge on any atom is 0.0486 e. The van der Waals surface area contributed by atoms with Gasteiger partial charge in [-0.2, -0.15) is 0 Å². The normalized spacial score (nSPS) is 35.8. The molecule has 82 valence electrons. The smallest absolute Gasteiger partial charge is 0.0486 e. The summed E-state index contributed by atoms with van der Waals surface area (Å²) in [5, 5.41) is 12.7. The number of hydrogen-bond acceptors (Lipinski definition) is 3. The molecule has 3 nitrogen and oxygen atoms in total. The van der Waals surface area contributed by atoms with E-state index in [4.69, 9.17) is 0 Å². The van der Waals surface area contributed by atoms with E-state index in [1.807, 2.05) is 0 Å². The van der Waals surface area contributed by atoms with Crippen LogP contribution in [0.2, 0.25) is 0 Å². The fraction of sp³-hybridized carbons (Fsp3) is 1.00. The molecule has 2 unspecified atom stereocenters. The van der Waals surface area contributed by atoms with E-state index in [2.05, 4.69) is 10.2 Å². The van der Waals surface area contributed by atoms with Gasteiger partial charge in [-0.25, -0.2) is 0 Å². The molecule has 0 aromatic heterocycles. The van der Waals surface area contributed by atoms with Crippen molar-refractivity contribution in [2.24, 2.45) is 5.92 Å². The molecule has 3 heteroatoms. The highest BCUT2D eigenvalue weighted by Crippen LogP contribution is 2.21. The van der Waals surface area contributed by atoms with Crippen molar-refractivity contribution in [2.75, 3.05) is 32.8 Å². The molecule has 0 aromatic rings. The average molecular weight is 198 g/mol. The molecule has 2 fully saturated rings. The first-order valence-corrected chi connectivity index (χ1v) is 5.97. The molecule has 0 aromatic carbocycles. The third-order valence-corrected chi connectivity index (χ3v) is 3.66. The molecule has 0 amide bonds. The molecule has 14 heavy (non-hydrogen) atoms. The molecular weight excluding hydrogens is 176 g/mol.